The molecule has 1 unspecified atom stereocenters. The molecule has 0 radical (unpaired) electrons. The van der Waals surface area contributed by atoms with Gasteiger partial charge in [0.25, 0.3) is 0 Å². The number of halogens is 2. The van der Waals surface area contributed by atoms with Gasteiger partial charge in [0.1, 0.15) is 53.7 Å². The van der Waals surface area contributed by atoms with E-state index in [1.54, 1.807) is 47.0 Å². The lowest BCUT2D eigenvalue weighted by Gasteiger charge is -2.31. The fraction of sp³-hybridized carbons (Fsp3) is 0.620. The van der Waals surface area contributed by atoms with Gasteiger partial charge in [-0.1, -0.05) is 145 Å². The van der Waals surface area contributed by atoms with Crippen LogP contribution in [-0.4, -0.2) is 71.2 Å². The molecule has 2 aromatic carbocycles. The molecule has 0 spiro atoms. The van der Waals surface area contributed by atoms with Crippen LogP contribution in [0.4, 0.5) is 5.82 Å². The van der Waals surface area contributed by atoms with Crippen LogP contribution in [0.2, 0.25) is 10.0 Å². The third-order valence-corrected chi connectivity index (χ3v) is 14.3. The number of rotatable bonds is 31. The highest BCUT2D eigenvalue weighted by Crippen LogP contribution is 2.54. The molecule has 0 amide bonds. The van der Waals surface area contributed by atoms with E-state index in [1.807, 2.05) is 32.9 Å². The molecule has 2 aliphatic heterocycles. The van der Waals surface area contributed by atoms with Gasteiger partial charge < -0.3 is 33.9 Å². The van der Waals surface area contributed by atoms with E-state index >= 15 is 0 Å². The van der Waals surface area contributed by atoms with Crippen molar-refractivity contribution in [1.29, 1.82) is 5.26 Å². The van der Waals surface area contributed by atoms with Crippen molar-refractivity contribution in [2.45, 2.75) is 173 Å². The number of unbranched alkanes of at least 4 members (excludes halogenated alkanes) is 15. The van der Waals surface area contributed by atoms with Crippen molar-refractivity contribution in [1.82, 2.24) is 14.6 Å². The van der Waals surface area contributed by atoms with Gasteiger partial charge in [-0.05, 0) is 69.2 Å². The van der Waals surface area contributed by atoms with Gasteiger partial charge in [0.05, 0.1) is 47.7 Å². The summed E-state index contributed by atoms with van der Waals surface area (Å²) >= 11 is 12.8. The smallest absolute Gasteiger partial charge is 0.402 e. The third kappa shape index (κ3) is 15.3. The molecule has 0 bridgehead atoms. The quantitative estimate of drug-likeness (QED) is 0.0373. The molecule has 17 heteroatoms. The number of hydrogen-bond acceptors (Lipinski definition) is 13. The zero-order valence-corrected chi connectivity index (χ0v) is 42.1. The first-order valence-electron chi connectivity index (χ1n) is 24.2. The standard InChI is InChI=1S/C50H70Cl2N5O9P/c1-5-6-7-8-9-10-11-12-13-14-15-16-17-18-19-22-29-59-33-39(60-32-37-25-26-38(31-53)41(52)30-37)34-61-67(58,66-43-24-21-20-23-40(43)51)62-35-44-46-47(65-49(2,3)64-46)50(4,63-44)45-28-27-42-48(54)55-36-56-57(42)45/h20-21,23-28,30,36,39,44,46-47H,5-19,22,29,32-35H2,1-4H3,(H2,54,55,56)/t39-,44-,46-,47-,50+,67?/m1/s1. The highest BCUT2D eigenvalue weighted by atomic mass is 35.5. The topological polar surface area (TPSA) is 171 Å². The summed E-state index contributed by atoms with van der Waals surface area (Å²) in [4.78, 5) is 4.12. The SMILES string of the molecule is CCCCCCCCCCCCCCCCCCOC[C@H](COP(=O)(OC[C@H]1O[C@@](C)(c2ccc3c(N)ncnn23)[C@@H]2OC(C)(C)O[C@@H]21)Oc1ccccc1Cl)OCc1ccc(C#N)c(Cl)c1. The Labute approximate surface area is 407 Å². The highest BCUT2D eigenvalue weighted by molar-refractivity contribution is 7.49. The van der Waals surface area contributed by atoms with Crippen LogP contribution in [0.3, 0.4) is 0 Å². The van der Waals surface area contributed by atoms with Gasteiger partial charge in [-0.25, -0.2) is 14.1 Å². The number of nitrogens with zero attached hydrogens (tertiary/aromatic N) is 4. The molecule has 368 valence electrons. The number of nitrogens with two attached hydrogens (primary N) is 1. The number of nitriles is 1. The summed E-state index contributed by atoms with van der Waals surface area (Å²) < 4.78 is 66.7. The lowest BCUT2D eigenvalue weighted by atomic mass is 9.93. The van der Waals surface area contributed by atoms with E-state index in [1.165, 1.54) is 89.8 Å². The van der Waals surface area contributed by atoms with Crippen LogP contribution >= 0.6 is 31.0 Å². The number of phosphoric acid groups is 1. The largest absolute Gasteiger partial charge is 0.530 e. The molecule has 6 atom stereocenters. The van der Waals surface area contributed by atoms with E-state index in [-0.39, 0.29) is 37.2 Å². The molecule has 0 saturated carbocycles. The Morgan fingerprint density at radius 1 is 0.836 bits per heavy atom. The van der Waals surface area contributed by atoms with Gasteiger partial charge in [-0.15, -0.1) is 0 Å². The van der Waals surface area contributed by atoms with E-state index in [0.29, 0.717) is 34.2 Å². The number of phosphoric ester groups is 1. The van der Waals surface area contributed by atoms with E-state index in [0.717, 1.165) is 24.8 Å². The molecule has 2 fully saturated rings. The van der Waals surface area contributed by atoms with Gasteiger partial charge in [0, 0.05) is 6.61 Å². The molecule has 2 aromatic heterocycles. The molecule has 4 heterocycles. The molecule has 6 rings (SSSR count). The van der Waals surface area contributed by atoms with Gasteiger partial charge in [0.2, 0.25) is 0 Å². The van der Waals surface area contributed by atoms with Crippen LogP contribution in [0.1, 0.15) is 147 Å². The van der Waals surface area contributed by atoms with E-state index in [2.05, 4.69) is 23.1 Å². The van der Waals surface area contributed by atoms with Gasteiger partial charge in [0.15, 0.2) is 11.6 Å². The zero-order chi connectivity index (χ0) is 47.7. The summed E-state index contributed by atoms with van der Waals surface area (Å²) in [5.41, 5.74) is 7.43. The Bertz CT molecular complexity index is 2240. The van der Waals surface area contributed by atoms with Crippen LogP contribution in [0.5, 0.6) is 5.75 Å². The maximum atomic E-state index is 14.8. The minimum atomic E-state index is -4.48. The number of aromatic nitrogens is 3. The third-order valence-electron chi connectivity index (χ3n) is 12.4. The van der Waals surface area contributed by atoms with Crippen molar-refractivity contribution < 1.29 is 41.8 Å². The Morgan fingerprint density at radius 2 is 1.51 bits per heavy atom. The maximum absolute atomic E-state index is 14.8. The van der Waals surface area contributed by atoms with E-state index in [9.17, 15) is 9.83 Å². The second kappa shape index (κ2) is 26.0. The lowest BCUT2D eigenvalue weighted by Crippen LogP contribution is -2.39. The Balaban J connectivity index is 1.05. The second-order valence-electron chi connectivity index (χ2n) is 18.2. The van der Waals surface area contributed by atoms with Gasteiger partial charge in [-0.2, -0.15) is 10.4 Å². The van der Waals surface area contributed by atoms with Crippen LogP contribution in [0.15, 0.2) is 60.9 Å². The summed E-state index contributed by atoms with van der Waals surface area (Å²) in [6.07, 6.45) is 19.2. The molecule has 4 aromatic rings. The monoisotopic (exact) mass is 985 g/mol. The molecule has 2 aliphatic rings. The fourth-order valence-corrected chi connectivity index (χ4v) is 10.5. The molecule has 14 nitrogen and oxygen atoms in total. The van der Waals surface area contributed by atoms with Crippen LogP contribution < -0.4 is 10.3 Å². The lowest BCUT2D eigenvalue weighted by molar-refractivity contribution is -0.212. The molecular formula is C50H70Cl2N5O9P. The van der Waals surface area contributed by atoms with Crippen molar-refractivity contribution in [2.75, 3.05) is 32.2 Å². The summed E-state index contributed by atoms with van der Waals surface area (Å²) in [6.45, 7) is 8.08. The van der Waals surface area contributed by atoms with Crippen LogP contribution in [-0.2, 0) is 49.5 Å². The summed E-state index contributed by atoms with van der Waals surface area (Å²) in [5.74, 6) is -0.554. The predicted octanol–water partition coefficient (Wildman–Crippen LogP) is 12.7. The maximum Gasteiger partial charge on any atom is 0.530 e. The van der Waals surface area contributed by atoms with Crippen molar-refractivity contribution >= 4 is 42.4 Å². The highest BCUT2D eigenvalue weighted by Gasteiger charge is 2.62. The van der Waals surface area contributed by atoms with Crippen LogP contribution in [0, 0.1) is 11.3 Å². The number of nitrogen functional groups attached to an aromatic ring is 1. The number of anilines is 1. The summed E-state index contributed by atoms with van der Waals surface area (Å²) in [6, 6.07) is 17.5. The first-order valence-corrected chi connectivity index (χ1v) is 26.4. The average molecular weight is 987 g/mol. The molecule has 2 N–H and O–H groups in total. The molecule has 2 saturated heterocycles. The van der Waals surface area contributed by atoms with E-state index < -0.39 is 43.6 Å². The minimum absolute atomic E-state index is 0.102. The van der Waals surface area contributed by atoms with Crippen LogP contribution in [0.25, 0.3) is 5.52 Å². The number of ether oxygens (including phenoxy) is 5. The molecule has 0 aliphatic carbocycles. The van der Waals surface area contributed by atoms with E-state index in [4.69, 9.17) is 66.2 Å². The predicted molar refractivity (Wildman–Crippen MR) is 260 cm³/mol. The Kier molecular flexibility index (Phi) is 20.6. The first kappa shape index (κ1) is 53.0. The Hall–Kier alpha value is -3.32. The van der Waals surface area contributed by atoms with Crippen molar-refractivity contribution in [3.8, 4) is 11.8 Å². The number of para-hydroxylation sites is 1. The first-order chi connectivity index (χ1) is 32.3. The van der Waals surface area contributed by atoms with Crippen molar-refractivity contribution in [3.63, 3.8) is 0 Å². The van der Waals surface area contributed by atoms with Gasteiger partial charge >= 0.3 is 7.82 Å². The fourth-order valence-electron chi connectivity index (χ4n) is 8.73. The normalized spacial score (nSPS) is 21.3. The number of hydrogen-bond donors (Lipinski definition) is 1. The zero-order valence-electron chi connectivity index (χ0n) is 39.7. The summed E-state index contributed by atoms with van der Waals surface area (Å²) in [5, 5.41) is 14.4. The van der Waals surface area contributed by atoms with Crippen molar-refractivity contribution in [3.05, 3.63) is 87.8 Å². The van der Waals surface area contributed by atoms with Gasteiger partial charge in [-0.3, -0.25) is 9.05 Å². The molecule has 67 heavy (non-hydrogen) atoms. The average Bonchev–Trinajstić information content (AvgIpc) is 3.97. The Morgan fingerprint density at radius 3 is 2.16 bits per heavy atom. The van der Waals surface area contributed by atoms with Crippen molar-refractivity contribution in [2.24, 2.45) is 0 Å². The number of fused-ring (bicyclic) bond motifs is 2. The summed E-state index contributed by atoms with van der Waals surface area (Å²) in [7, 11) is -4.48. The molecular weight excluding hydrogens is 916 g/mol. The minimum Gasteiger partial charge on any atom is -0.402 e. The second-order valence-corrected chi connectivity index (χ2v) is 20.7. The number of benzene rings is 2.